The Balaban J connectivity index is 1.31. The SMILES string of the molecule is CC1CCC2(C)CCC3(C)C(=CCC4C5(C)CCC(OC(=O)c6ccccc6)C(C)(C)C5CCC43C)C2C1C. The Labute approximate surface area is 238 Å². The predicted molar refractivity (Wildman–Crippen MR) is 160 cm³/mol. The van der Waals surface area contributed by atoms with Crippen LogP contribution in [0.25, 0.3) is 0 Å². The zero-order valence-electron chi connectivity index (χ0n) is 26.1. The second-order valence-corrected chi connectivity index (χ2v) is 16.4. The molecule has 6 rings (SSSR count). The van der Waals surface area contributed by atoms with Crippen LogP contribution in [0.4, 0.5) is 0 Å². The summed E-state index contributed by atoms with van der Waals surface area (Å²) in [6.07, 6.45) is 14.3. The molecule has 4 fully saturated rings. The van der Waals surface area contributed by atoms with E-state index >= 15 is 0 Å². The van der Waals surface area contributed by atoms with E-state index in [1.165, 1.54) is 51.4 Å². The fourth-order valence-electron chi connectivity index (χ4n) is 11.8. The second kappa shape index (κ2) is 8.96. The molecule has 5 aliphatic carbocycles. The molecule has 0 bridgehead atoms. The molecule has 0 aliphatic heterocycles. The van der Waals surface area contributed by atoms with Gasteiger partial charge in [-0.3, -0.25) is 0 Å². The lowest BCUT2D eigenvalue weighted by molar-refractivity contribution is -0.204. The first-order valence-electron chi connectivity index (χ1n) is 16.2. The zero-order chi connectivity index (χ0) is 28.0. The third kappa shape index (κ3) is 3.74. The van der Waals surface area contributed by atoms with E-state index in [-0.39, 0.29) is 22.9 Å². The van der Waals surface area contributed by atoms with E-state index in [1.807, 2.05) is 35.9 Å². The van der Waals surface area contributed by atoms with Gasteiger partial charge >= 0.3 is 5.97 Å². The molecule has 214 valence electrons. The van der Waals surface area contributed by atoms with Gasteiger partial charge in [-0.25, -0.2) is 4.79 Å². The molecule has 0 amide bonds. The summed E-state index contributed by atoms with van der Waals surface area (Å²) in [4.78, 5) is 13.1. The summed E-state index contributed by atoms with van der Waals surface area (Å²) in [5.74, 6) is 3.49. The molecule has 0 radical (unpaired) electrons. The van der Waals surface area contributed by atoms with Crippen LogP contribution in [0, 0.1) is 56.7 Å². The lowest BCUT2D eigenvalue weighted by atomic mass is 9.33. The predicted octanol–water partition coefficient (Wildman–Crippen LogP) is 9.89. The number of hydrogen-bond donors (Lipinski definition) is 0. The maximum Gasteiger partial charge on any atom is 0.338 e. The average molecular weight is 531 g/mol. The van der Waals surface area contributed by atoms with E-state index in [0.29, 0.717) is 33.6 Å². The van der Waals surface area contributed by atoms with Crippen LogP contribution in [0.2, 0.25) is 0 Å². The van der Waals surface area contributed by atoms with Crippen molar-refractivity contribution >= 4 is 5.97 Å². The van der Waals surface area contributed by atoms with Crippen molar-refractivity contribution in [2.24, 2.45) is 56.7 Å². The van der Waals surface area contributed by atoms with Crippen LogP contribution in [-0.4, -0.2) is 12.1 Å². The van der Waals surface area contributed by atoms with E-state index in [4.69, 9.17) is 4.74 Å². The van der Waals surface area contributed by atoms with Gasteiger partial charge in [-0.1, -0.05) is 85.2 Å². The lowest BCUT2D eigenvalue weighted by Gasteiger charge is -2.71. The Hall–Kier alpha value is -1.57. The molecule has 0 aromatic heterocycles. The number of rotatable bonds is 2. The van der Waals surface area contributed by atoms with E-state index in [1.54, 1.807) is 0 Å². The van der Waals surface area contributed by atoms with Gasteiger partial charge in [0.1, 0.15) is 6.10 Å². The van der Waals surface area contributed by atoms with Crippen LogP contribution < -0.4 is 0 Å². The maximum atomic E-state index is 13.1. The minimum absolute atomic E-state index is 0.0159. The van der Waals surface area contributed by atoms with Crippen molar-refractivity contribution in [1.82, 2.24) is 0 Å². The number of ether oxygens (including phenoxy) is 1. The minimum Gasteiger partial charge on any atom is -0.458 e. The van der Waals surface area contributed by atoms with Crippen molar-refractivity contribution in [3.05, 3.63) is 47.5 Å². The molecule has 39 heavy (non-hydrogen) atoms. The van der Waals surface area contributed by atoms with E-state index in [2.05, 4.69) is 61.5 Å². The van der Waals surface area contributed by atoms with Crippen molar-refractivity contribution in [2.75, 3.05) is 0 Å². The summed E-state index contributed by atoms with van der Waals surface area (Å²) < 4.78 is 6.29. The van der Waals surface area contributed by atoms with Gasteiger partial charge in [-0.2, -0.15) is 0 Å². The van der Waals surface area contributed by atoms with Crippen molar-refractivity contribution < 1.29 is 9.53 Å². The van der Waals surface area contributed by atoms with Crippen LogP contribution in [0.1, 0.15) is 124 Å². The van der Waals surface area contributed by atoms with Crippen LogP contribution >= 0.6 is 0 Å². The largest absolute Gasteiger partial charge is 0.458 e. The summed E-state index contributed by atoms with van der Waals surface area (Å²) in [6.45, 7) is 20.6. The molecule has 1 aromatic carbocycles. The molecule has 0 spiro atoms. The Morgan fingerprint density at radius 2 is 1.54 bits per heavy atom. The Bertz CT molecular complexity index is 1150. The normalized spacial score (nSPS) is 48.5. The highest BCUT2D eigenvalue weighted by atomic mass is 16.5. The highest BCUT2D eigenvalue weighted by molar-refractivity contribution is 5.89. The molecule has 2 nitrogen and oxygen atoms in total. The number of allylic oxidation sites excluding steroid dienone is 2. The van der Waals surface area contributed by atoms with Gasteiger partial charge in [0.2, 0.25) is 0 Å². The monoisotopic (exact) mass is 530 g/mol. The Kier molecular flexibility index (Phi) is 6.34. The molecular weight excluding hydrogens is 476 g/mol. The Morgan fingerprint density at radius 1 is 0.821 bits per heavy atom. The number of benzene rings is 1. The number of carbonyl (C=O) groups excluding carboxylic acids is 1. The molecule has 10 atom stereocenters. The third-order valence-corrected chi connectivity index (χ3v) is 14.6. The van der Waals surface area contributed by atoms with Gasteiger partial charge in [0.25, 0.3) is 0 Å². The van der Waals surface area contributed by atoms with Crippen molar-refractivity contribution in [1.29, 1.82) is 0 Å². The van der Waals surface area contributed by atoms with Crippen LogP contribution in [0.5, 0.6) is 0 Å². The van der Waals surface area contributed by atoms with Crippen molar-refractivity contribution in [3.63, 3.8) is 0 Å². The second-order valence-electron chi connectivity index (χ2n) is 16.4. The van der Waals surface area contributed by atoms with Gasteiger partial charge in [-0.05, 0) is 121 Å². The summed E-state index contributed by atoms with van der Waals surface area (Å²) in [6, 6.07) is 9.57. The number of esters is 1. The number of carbonyl (C=O) groups is 1. The summed E-state index contributed by atoms with van der Waals surface area (Å²) in [5, 5.41) is 0. The molecule has 0 N–H and O–H groups in total. The van der Waals surface area contributed by atoms with Gasteiger partial charge in [0.05, 0.1) is 5.56 Å². The zero-order valence-corrected chi connectivity index (χ0v) is 26.1. The van der Waals surface area contributed by atoms with Gasteiger partial charge in [0.15, 0.2) is 0 Å². The van der Waals surface area contributed by atoms with Crippen molar-refractivity contribution in [3.8, 4) is 0 Å². The molecule has 0 heterocycles. The first-order chi connectivity index (χ1) is 18.3. The smallest absolute Gasteiger partial charge is 0.338 e. The molecule has 2 heteroatoms. The topological polar surface area (TPSA) is 26.3 Å². The van der Waals surface area contributed by atoms with Crippen LogP contribution in [0.15, 0.2) is 42.0 Å². The fraction of sp³-hybridized carbons (Fsp3) is 0.757. The molecule has 1 aromatic rings. The van der Waals surface area contributed by atoms with Gasteiger partial charge in [-0.15, -0.1) is 0 Å². The van der Waals surface area contributed by atoms with Gasteiger partial charge in [0, 0.05) is 5.41 Å². The maximum absolute atomic E-state index is 13.1. The van der Waals surface area contributed by atoms with E-state index in [0.717, 1.165) is 24.2 Å². The van der Waals surface area contributed by atoms with Crippen LogP contribution in [0.3, 0.4) is 0 Å². The highest BCUT2D eigenvalue weighted by Crippen LogP contribution is 2.75. The van der Waals surface area contributed by atoms with E-state index in [9.17, 15) is 4.79 Å². The first-order valence-corrected chi connectivity index (χ1v) is 16.2. The van der Waals surface area contributed by atoms with E-state index < -0.39 is 0 Å². The summed E-state index contributed by atoms with van der Waals surface area (Å²) >= 11 is 0. The fourth-order valence-corrected chi connectivity index (χ4v) is 11.8. The molecule has 5 aliphatic rings. The Morgan fingerprint density at radius 3 is 2.26 bits per heavy atom. The summed E-state index contributed by atoms with van der Waals surface area (Å²) in [7, 11) is 0. The van der Waals surface area contributed by atoms with Crippen LogP contribution in [-0.2, 0) is 4.74 Å². The molecular formula is C37H54O2. The quantitative estimate of drug-likeness (QED) is 0.281. The highest BCUT2D eigenvalue weighted by Gasteiger charge is 2.68. The number of hydrogen-bond acceptors (Lipinski definition) is 2. The lowest BCUT2D eigenvalue weighted by Crippen LogP contribution is -2.65. The first kappa shape index (κ1) is 27.6. The van der Waals surface area contributed by atoms with Gasteiger partial charge < -0.3 is 4.74 Å². The molecule has 4 saturated carbocycles. The number of fused-ring (bicyclic) bond motifs is 7. The average Bonchev–Trinajstić information content (AvgIpc) is 2.89. The molecule has 10 unspecified atom stereocenters. The van der Waals surface area contributed by atoms with Crippen molar-refractivity contribution in [2.45, 2.75) is 119 Å². The standard InChI is InChI=1S/C37H54O2/c1-24-16-19-34(5)22-23-36(7)27(31(34)25(24)2)14-15-29-35(6)20-18-30(39-32(38)26-12-10-9-11-13-26)33(3,4)28(35)17-21-37(29,36)8/h9-14,24-25,28-31H,15-23H2,1-8H3. The summed E-state index contributed by atoms with van der Waals surface area (Å²) in [5.41, 5.74) is 3.93. The molecule has 0 saturated heterocycles. The third-order valence-electron chi connectivity index (χ3n) is 14.6. The minimum atomic E-state index is -0.156.